The predicted molar refractivity (Wildman–Crippen MR) is 127 cm³/mol. The summed E-state index contributed by atoms with van der Waals surface area (Å²) in [5.74, 6) is 0.738. The van der Waals surface area contributed by atoms with Crippen molar-refractivity contribution in [1.82, 2.24) is 20.0 Å². The Morgan fingerprint density at radius 3 is 2.56 bits per heavy atom. The molecule has 0 atom stereocenters. The molecule has 2 heterocycles. The van der Waals surface area contributed by atoms with Crippen molar-refractivity contribution in [3.8, 4) is 5.75 Å². The van der Waals surface area contributed by atoms with Gasteiger partial charge in [-0.1, -0.05) is 6.08 Å². The molecule has 2 amide bonds. The normalized spacial score (nSPS) is 16.5. The number of benzene rings is 1. The van der Waals surface area contributed by atoms with Gasteiger partial charge in [0.2, 0.25) is 0 Å². The van der Waals surface area contributed by atoms with Crippen LogP contribution < -0.4 is 15.4 Å². The number of carbonyl (C=O) groups is 1. The van der Waals surface area contributed by atoms with Crippen molar-refractivity contribution in [3.63, 3.8) is 0 Å². The Hall–Kier alpha value is -3.04. The molecule has 1 aromatic heterocycles. The fourth-order valence-corrected chi connectivity index (χ4v) is 4.27. The van der Waals surface area contributed by atoms with Gasteiger partial charge in [0, 0.05) is 43.6 Å². The van der Waals surface area contributed by atoms with Crippen LogP contribution in [0.2, 0.25) is 0 Å². The molecule has 1 aliphatic heterocycles. The molecule has 32 heavy (non-hydrogen) atoms. The highest BCUT2D eigenvalue weighted by Gasteiger charge is 2.19. The minimum atomic E-state index is -0.290. The Labute approximate surface area is 195 Å². The van der Waals surface area contributed by atoms with Crippen LogP contribution in [0.4, 0.5) is 10.5 Å². The summed E-state index contributed by atoms with van der Waals surface area (Å²) in [5.41, 5.74) is 4.57. The lowest BCUT2D eigenvalue weighted by Crippen LogP contribution is -2.35. The number of hydrogen-bond acceptors (Lipinski definition) is 5. The van der Waals surface area contributed by atoms with E-state index in [1.54, 1.807) is 37.6 Å². The summed E-state index contributed by atoms with van der Waals surface area (Å²) in [5, 5.41) is 10.2. The summed E-state index contributed by atoms with van der Waals surface area (Å²) in [6.45, 7) is 2.96. The molecule has 0 saturated carbocycles. The number of halogens is 1. The molecule has 1 fully saturated rings. The summed E-state index contributed by atoms with van der Waals surface area (Å²) in [4.78, 5) is 14.9. The number of rotatable bonds is 5. The molecular weight excluding hydrogens is 474 g/mol. The molecule has 9 heteroatoms. The van der Waals surface area contributed by atoms with Gasteiger partial charge in [0.15, 0.2) is 0 Å². The Kier molecular flexibility index (Phi) is 6.96. The van der Waals surface area contributed by atoms with Crippen LogP contribution in [0.1, 0.15) is 12.1 Å². The Balaban J connectivity index is 1.55. The van der Waals surface area contributed by atoms with E-state index in [1.807, 2.05) is 17.8 Å². The van der Waals surface area contributed by atoms with Crippen LogP contribution in [0.3, 0.4) is 0 Å². The number of urea groups is 1. The lowest BCUT2D eigenvalue weighted by molar-refractivity contribution is 0.0554. The summed E-state index contributed by atoms with van der Waals surface area (Å²) in [6, 6.07) is 6.93. The van der Waals surface area contributed by atoms with E-state index in [0.717, 1.165) is 46.0 Å². The van der Waals surface area contributed by atoms with E-state index in [0.29, 0.717) is 25.3 Å². The first-order valence-corrected chi connectivity index (χ1v) is 11.2. The van der Waals surface area contributed by atoms with Crippen LogP contribution in [0.15, 0.2) is 64.6 Å². The van der Waals surface area contributed by atoms with Crippen LogP contribution in [0, 0.1) is 0 Å². The lowest BCUT2D eigenvalue weighted by atomic mass is 10.1. The van der Waals surface area contributed by atoms with Crippen molar-refractivity contribution in [2.75, 3.05) is 38.7 Å². The minimum Gasteiger partial charge on any atom is -0.497 e. The highest BCUT2D eigenvalue weighted by Crippen LogP contribution is 2.30. The third kappa shape index (κ3) is 5.23. The number of nitrogens with zero attached hydrogens (tertiary/aromatic N) is 3. The van der Waals surface area contributed by atoms with Crippen LogP contribution in [-0.4, -0.2) is 54.1 Å². The fraction of sp³-hybridized carbons (Fsp3) is 0.304. The summed E-state index contributed by atoms with van der Waals surface area (Å²) in [6.07, 6.45) is 8.65. The van der Waals surface area contributed by atoms with Crippen molar-refractivity contribution in [3.05, 3.63) is 70.3 Å². The zero-order valence-electron chi connectivity index (χ0n) is 18.1. The van der Waals surface area contributed by atoms with Gasteiger partial charge in [-0.2, -0.15) is 5.10 Å². The Bertz CT molecular complexity index is 1050. The summed E-state index contributed by atoms with van der Waals surface area (Å²) >= 11 is 3.60. The second kappa shape index (κ2) is 10.1. The monoisotopic (exact) mass is 499 g/mol. The smallest absolute Gasteiger partial charge is 0.323 e. The largest absolute Gasteiger partial charge is 0.497 e. The molecule has 1 saturated heterocycles. The molecule has 2 N–H and O–H groups in total. The van der Waals surface area contributed by atoms with Crippen LogP contribution >= 0.6 is 15.9 Å². The van der Waals surface area contributed by atoms with Gasteiger partial charge >= 0.3 is 6.03 Å². The van der Waals surface area contributed by atoms with E-state index in [4.69, 9.17) is 9.47 Å². The van der Waals surface area contributed by atoms with Gasteiger partial charge in [-0.3, -0.25) is 4.68 Å². The zero-order valence-corrected chi connectivity index (χ0v) is 19.7. The lowest BCUT2D eigenvalue weighted by Gasteiger charge is -2.30. The van der Waals surface area contributed by atoms with Crippen molar-refractivity contribution >= 4 is 33.2 Å². The Morgan fingerprint density at radius 2 is 1.91 bits per heavy atom. The highest BCUT2D eigenvalue weighted by molar-refractivity contribution is 9.10. The molecule has 0 unspecified atom stereocenters. The van der Waals surface area contributed by atoms with Gasteiger partial charge in [0.25, 0.3) is 0 Å². The predicted octanol–water partition coefficient (Wildman–Crippen LogP) is 3.90. The number of carbonyl (C=O) groups excluding carboxylic acids is 1. The van der Waals surface area contributed by atoms with E-state index >= 15 is 0 Å². The second-order valence-corrected chi connectivity index (χ2v) is 8.33. The quantitative estimate of drug-likeness (QED) is 0.651. The SMILES string of the molecule is COc1ccc(NC(=O)NC2=CC(N3CCOCC3)=CC(c3c(Br)cnn3C)=CC2)cc1. The highest BCUT2D eigenvalue weighted by atomic mass is 79.9. The van der Waals surface area contributed by atoms with Gasteiger partial charge in [-0.15, -0.1) is 0 Å². The molecule has 2 aliphatic rings. The van der Waals surface area contributed by atoms with Gasteiger partial charge in [0.05, 0.1) is 36.7 Å². The number of anilines is 1. The molecule has 2 aromatic rings. The van der Waals surface area contributed by atoms with Crippen molar-refractivity contribution < 1.29 is 14.3 Å². The van der Waals surface area contributed by atoms with Gasteiger partial charge in [0.1, 0.15) is 5.75 Å². The van der Waals surface area contributed by atoms with Crippen LogP contribution in [0.25, 0.3) is 5.57 Å². The van der Waals surface area contributed by atoms with Crippen LogP contribution in [-0.2, 0) is 11.8 Å². The van der Waals surface area contributed by atoms with Crippen molar-refractivity contribution in [1.29, 1.82) is 0 Å². The number of hydrogen-bond donors (Lipinski definition) is 2. The van der Waals surface area contributed by atoms with E-state index in [1.165, 1.54) is 0 Å². The standard InChI is InChI=1S/C23H26BrN5O3/c1-28-22(21(24)15-25-28)16-3-4-18(14-19(13-16)29-9-11-32-12-10-29)27-23(30)26-17-5-7-20(31-2)8-6-17/h3,5-8,13-15H,4,9-12H2,1-2H3,(H2,26,27,30). The van der Waals surface area contributed by atoms with Gasteiger partial charge < -0.3 is 25.0 Å². The number of amides is 2. The molecule has 8 nitrogen and oxygen atoms in total. The molecule has 1 aliphatic carbocycles. The van der Waals surface area contributed by atoms with Crippen molar-refractivity contribution in [2.45, 2.75) is 6.42 Å². The minimum absolute atomic E-state index is 0.290. The van der Waals surface area contributed by atoms with Crippen LogP contribution in [0.5, 0.6) is 5.75 Å². The molecular formula is C23H26BrN5O3. The number of aryl methyl sites for hydroxylation is 1. The molecule has 0 bridgehead atoms. The molecule has 168 valence electrons. The van der Waals surface area contributed by atoms with E-state index in [9.17, 15) is 4.79 Å². The molecule has 1 aromatic carbocycles. The number of allylic oxidation sites excluding steroid dienone is 4. The van der Waals surface area contributed by atoms with E-state index < -0.39 is 0 Å². The Morgan fingerprint density at radius 1 is 1.16 bits per heavy atom. The van der Waals surface area contributed by atoms with Gasteiger partial charge in [-0.05, 0) is 57.9 Å². The average molecular weight is 500 g/mol. The number of aromatic nitrogens is 2. The first-order chi connectivity index (χ1) is 15.5. The van der Waals surface area contributed by atoms with Gasteiger partial charge in [-0.25, -0.2) is 4.79 Å². The van der Waals surface area contributed by atoms with E-state index in [2.05, 4.69) is 48.7 Å². The van der Waals surface area contributed by atoms with E-state index in [-0.39, 0.29) is 6.03 Å². The zero-order chi connectivity index (χ0) is 22.5. The summed E-state index contributed by atoms with van der Waals surface area (Å²) < 4.78 is 13.5. The third-order valence-electron chi connectivity index (χ3n) is 5.33. The fourth-order valence-electron chi connectivity index (χ4n) is 3.69. The maximum Gasteiger partial charge on any atom is 0.323 e. The maximum atomic E-state index is 12.7. The first-order valence-electron chi connectivity index (χ1n) is 10.4. The number of methoxy groups -OCH3 is 1. The number of nitrogens with one attached hydrogen (secondary N) is 2. The number of morpholine rings is 1. The van der Waals surface area contributed by atoms with Crippen molar-refractivity contribution in [2.24, 2.45) is 7.05 Å². The average Bonchev–Trinajstić information content (AvgIpc) is 3.01. The number of ether oxygens (including phenoxy) is 2. The molecule has 4 rings (SSSR count). The molecule has 0 radical (unpaired) electrons. The topological polar surface area (TPSA) is 80.7 Å². The first kappa shape index (κ1) is 22.2. The third-order valence-corrected chi connectivity index (χ3v) is 5.91. The second-order valence-electron chi connectivity index (χ2n) is 7.47. The molecule has 0 spiro atoms. The summed E-state index contributed by atoms with van der Waals surface area (Å²) in [7, 11) is 3.53. The maximum absolute atomic E-state index is 12.7.